The van der Waals surface area contributed by atoms with E-state index >= 15 is 0 Å². The van der Waals surface area contributed by atoms with E-state index < -0.39 is 11.8 Å². The average Bonchev–Trinajstić information content (AvgIpc) is 2.24. The number of nitrogens with zero attached hydrogens (tertiary/aromatic N) is 1. The summed E-state index contributed by atoms with van der Waals surface area (Å²) in [6.45, 7) is 7.93. The molecule has 0 aliphatic heterocycles. The molecule has 0 aromatic carbocycles. The highest BCUT2D eigenvalue weighted by atomic mass is 35.5. The van der Waals surface area contributed by atoms with Crippen LogP contribution >= 0.6 is 11.6 Å². The minimum atomic E-state index is -0.653. The van der Waals surface area contributed by atoms with E-state index in [9.17, 15) is 9.59 Å². The molecule has 5 heteroatoms. The Hall–Kier alpha value is -1.29. The molecular weight excluding hydrogens is 216 g/mol. The van der Waals surface area contributed by atoms with Gasteiger partial charge in [-0.2, -0.15) is 0 Å². The number of alkyl halides is 1. The largest absolute Gasteiger partial charge is 0.347 e. The van der Waals surface area contributed by atoms with Gasteiger partial charge in [-0.1, -0.05) is 12.2 Å². The summed E-state index contributed by atoms with van der Waals surface area (Å²) in [6.07, 6.45) is 3.10. The Morgan fingerprint density at radius 3 is 2.20 bits per heavy atom. The third-order valence-electron chi connectivity index (χ3n) is 1.56. The first-order valence-corrected chi connectivity index (χ1v) is 5.05. The monoisotopic (exact) mass is 230 g/mol. The molecule has 0 rings (SSSR count). The second-order valence-electron chi connectivity index (χ2n) is 2.73. The molecule has 1 N–H and O–H groups in total. The number of nitrogens with one attached hydrogen (secondary N) is 1. The van der Waals surface area contributed by atoms with Gasteiger partial charge < -0.3 is 10.2 Å². The van der Waals surface area contributed by atoms with Crippen LogP contribution in [0.5, 0.6) is 0 Å². The Labute approximate surface area is 94.6 Å². The zero-order chi connectivity index (χ0) is 11.7. The van der Waals surface area contributed by atoms with Gasteiger partial charge in [0.2, 0.25) is 0 Å². The average molecular weight is 231 g/mol. The van der Waals surface area contributed by atoms with Crippen LogP contribution in [0.15, 0.2) is 25.3 Å². The number of carbonyl (C=O) groups excluding carboxylic acids is 2. The van der Waals surface area contributed by atoms with Crippen molar-refractivity contribution in [1.29, 1.82) is 0 Å². The first-order chi connectivity index (χ1) is 7.17. The molecule has 0 aromatic heterocycles. The van der Waals surface area contributed by atoms with Gasteiger partial charge in [0.15, 0.2) is 0 Å². The zero-order valence-corrected chi connectivity index (χ0v) is 9.29. The SMILES string of the molecule is C=CCN(CC=C)C(=O)C(=O)NCCCl. The van der Waals surface area contributed by atoms with Gasteiger partial charge in [-0.15, -0.1) is 24.8 Å². The highest BCUT2D eigenvalue weighted by molar-refractivity contribution is 6.35. The number of hydrogen-bond donors (Lipinski definition) is 1. The van der Waals surface area contributed by atoms with E-state index in [0.717, 1.165) is 0 Å². The van der Waals surface area contributed by atoms with Crippen LogP contribution in [0.2, 0.25) is 0 Å². The third-order valence-corrected chi connectivity index (χ3v) is 1.75. The molecule has 0 saturated carbocycles. The minimum Gasteiger partial charge on any atom is -0.347 e. The lowest BCUT2D eigenvalue weighted by molar-refractivity contribution is -0.145. The lowest BCUT2D eigenvalue weighted by atomic mass is 10.4. The summed E-state index contributed by atoms with van der Waals surface area (Å²) in [5.41, 5.74) is 0. The van der Waals surface area contributed by atoms with E-state index in [2.05, 4.69) is 18.5 Å². The minimum absolute atomic E-state index is 0.280. The number of rotatable bonds is 6. The third kappa shape index (κ3) is 5.22. The summed E-state index contributed by atoms with van der Waals surface area (Å²) in [6, 6.07) is 0. The van der Waals surface area contributed by atoms with Crippen molar-refractivity contribution >= 4 is 23.4 Å². The van der Waals surface area contributed by atoms with Crippen LogP contribution in [-0.2, 0) is 9.59 Å². The van der Waals surface area contributed by atoms with Crippen molar-refractivity contribution in [3.05, 3.63) is 25.3 Å². The van der Waals surface area contributed by atoms with Crippen LogP contribution in [0.3, 0.4) is 0 Å². The summed E-state index contributed by atoms with van der Waals surface area (Å²) in [5, 5.41) is 2.40. The summed E-state index contributed by atoms with van der Waals surface area (Å²) in [4.78, 5) is 24.1. The molecule has 0 spiro atoms. The molecule has 15 heavy (non-hydrogen) atoms. The molecule has 0 heterocycles. The van der Waals surface area contributed by atoms with Gasteiger partial charge in [0, 0.05) is 25.5 Å². The van der Waals surface area contributed by atoms with Crippen molar-refractivity contribution in [2.75, 3.05) is 25.5 Å². The molecule has 0 aliphatic carbocycles. The van der Waals surface area contributed by atoms with E-state index in [1.807, 2.05) is 0 Å². The molecule has 0 aromatic rings. The van der Waals surface area contributed by atoms with Crippen molar-refractivity contribution < 1.29 is 9.59 Å². The van der Waals surface area contributed by atoms with Crippen molar-refractivity contribution in [3.63, 3.8) is 0 Å². The van der Waals surface area contributed by atoms with Crippen LogP contribution in [0.1, 0.15) is 0 Å². The molecule has 0 saturated heterocycles. The van der Waals surface area contributed by atoms with Gasteiger partial charge in [-0.05, 0) is 0 Å². The Kier molecular flexibility index (Phi) is 7.36. The quantitative estimate of drug-likeness (QED) is 0.411. The fraction of sp³-hybridized carbons (Fsp3) is 0.400. The highest BCUT2D eigenvalue weighted by Crippen LogP contribution is 1.91. The van der Waals surface area contributed by atoms with Crippen molar-refractivity contribution in [3.8, 4) is 0 Å². The maximum Gasteiger partial charge on any atom is 0.312 e. The van der Waals surface area contributed by atoms with Gasteiger partial charge >= 0.3 is 11.8 Å². The van der Waals surface area contributed by atoms with E-state index in [1.165, 1.54) is 4.90 Å². The van der Waals surface area contributed by atoms with Gasteiger partial charge in [0.1, 0.15) is 0 Å². The van der Waals surface area contributed by atoms with Gasteiger partial charge in [0.25, 0.3) is 0 Å². The normalized spacial score (nSPS) is 9.13. The maximum atomic E-state index is 11.5. The fourth-order valence-corrected chi connectivity index (χ4v) is 1.03. The van der Waals surface area contributed by atoms with Gasteiger partial charge in [0.05, 0.1) is 0 Å². The predicted molar refractivity (Wildman–Crippen MR) is 60.7 cm³/mol. The Morgan fingerprint density at radius 1 is 1.27 bits per heavy atom. The first kappa shape index (κ1) is 13.7. The van der Waals surface area contributed by atoms with E-state index in [-0.39, 0.29) is 12.4 Å². The standard InChI is InChI=1S/C10H15ClN2O2/c1-3-7-13(8-4-2)10(15)9(14)12-6-5-11/h3-4H,1-2,5-8H2,(H,12,14). The molecule has 0 radical (unpaired) electrons. The van der Waals surface area contributed by atoms with E-state index in [1.54, 1.807) is 12.2 Å². The van der Waals surface area contributed by atoms with Crippen LogP contribution < -0.4 is 5.32 Å². The number of amides is 2. The second kappa shape index (κ2) is 8.05. The van der Waals surface area contributed by atoms with Crippen molar-refractivity contribution in [2.24, 2.45) is 0 Å². The summed E-state index contributed by atoms with van der Waals surface area (Å²) >= 11 is 5.38. The van der Waals surface area contributed by atoms with Crippen LogP contribution in [0, 0.1) is 0 Å². The molecular formula is C10H15ClN2O2. The van der Waals surface area contributed by atoms with E-state index in [4.69, 9.17) is 11.6 Å². The van der Waals surface area contributed by atoms with Crippen LogP contribution in [0.4, 0.5) is 0 Å². The van der Waals surface area contributed by atoms with Crippen molar-refractivity contribution in [1.82, 2.24) is 10.2 Å². The molecule has 0 atom stereocenters. The molecule has 4 nitrogen and oxygen atoms in total. The summed E-state index contributed by atoms with van der Waals surface area (Å²) < 4.78 is 0. The highest BCUT2D eigenvalue weighted by Gasteiger charge is 2.18. The predicted octanol–water partition coefficient (Wildman–Crippen LogP) is 0.542. The molecule has 0 bridgehead atoms. The fourth-order valence-electron chi connectivity index (χ4n) is 0.932. The Morgan fingerprint density at radius 2 is 1.80 bits per heavy atom. The second-order valence-corrected chi connectivity index (χ2v) is 3.11. The summed E-state index contributed by atoms with van der Waals surface area (Å²) in [7, 11) is 0. The lowest BCUT2D eigenvalue weighted by Crippen LogP contribution is -2.43. The molecule has 2 amide bonds. The summed E-state index contributed by atoms with van der Waals surface area (Å²) in [5.74, 6) is -0.971. The van der Waals surface area contributed by atoms with Crippen LogP contribution in [-0.4, -0.2) is 42.2 Å². The number of carbonyl (C=O) groups is 2. The Balaban J connectivity index is 4.27. The molecule has 0 fully saturated rings. The smallest absolute Gasteiger partial charge is 0.312 e. The molecule has 0 unspecified atom stereocenters. The van der Waals surface area contributed by atoms with Gasteiger partial charge in [-0.25, -0.2) is 0 Å². The molecule has 0 aliphatic rings. The first-order valence-electron chi connectivity index (χ1n) is 4.52. The van der Waals surface area contributed by atoms with E-state index in [0.29, 0.717) is 13.1 Å². The van der Waals surface area contributed by atoms with Crippen molar-refractivity contribution in [2.45, 2.75) is 0 Å². The topological polar surface area (TPSA) is 49.4 Å². The maximum absolute atomic E-state index is 11.5. The lowest BCUT2D eigenvalue weighted by Gasteiger charge is -2.18. The number of halogens is 1. The van der Waals surface area contributed by atoms with Gasteiger partial charge in [-0.3, -0.25) is 9.59 Å². The molecule has 84 valence electrons. The number of hydrogen-bond acceptors (Lipinski definition) is 2. The zero-order valence-electron chi connectivity index (χ0n) is 8.54. The van der Waals surface area contributed by atoms with Crippen LogP contribution in [0.25, 0.3) is 0 Å². The Bertz CT molecular complexity index is 244.